The van der Waals surface area contributed by atoms with Crippen molar-refractivity contribution >= 4 is 28.1 Å². The van der Waals surface area contributed by atoms with Gasteiger partial charge in [-0.1, -0.05) is 12.1 Å². The van der Waals surface area contributed by atoms with Crippen molar-refractivity contribution in [2.45, 2.75) is 13.8 Å². The minimum atomic E-state index is -0.979. The van der Waals surface area contributed by atoms with Crippen LogP contribution in [0, 0.1) is 25.2 Å². The predicted octanol–water partition coefficient (Wildman–Crippen LogP) is 4.15. The normalized spacial score (nSPS) is 10.6. The maximum Gasteiger partial charge on any atom is 0.335 e. The third-order valence-electron chi connectivity index (χ3n) is 3.52. The number of hydrogen-bond donors (Lipinski definition) is 1. The quantitative estimate of drug-likeness (QED) is 0.771. The van der Waals surface area contributed by atoms with E-state index >= 15 is 0 Å². The summed E-state index contributed by atoms with van der Waals surface area (Å²) in [5.74, 6) is -0.979. The number of hydrogen-bond acceptors (Lipinski definition) is 4. The Bertz CT molecular complexity index is 951. The Labute approximate surface area is 131 Å². The maximum atomic E-state index is 11.2. The average Bonchev–Trinajstić information content (AvgIpc) is 2.83. The number of benzene rings is 2. The topological polar surface area (TPSA) is 74.0 Å². The van der Waals surface area contributed by atoms with Crippen LogP contribution in [0.1, 0.15) is 26.6 Å². The molecule has 0 aliphatic carbocycles. The molecule has 0 aliphatic heterocycles. The van der Waals surface area contributed by atoms with Gasteiger partial charge in [-0.15, -0.1) is 11.3 Å². The average molecular weight is 308 g/mol. The van der Waals surface area contributed by atoms with E-state index in [2.05, 4.69) is 11.1 Å². The number of thiazole rings is 1. The molecule has 22 heavy (non-hydrogen) atoms. The molecule has 0 amide bonds. The number of carboxylic acids is 1. The van der Waals surface area contributed by atoms with E-state index in [1.54, 1.807) is 24.3 Å². The number of fused-ring (bicyclic) bond motifs is 1. The van der Waals surface area contributed by atoms with Gasteiger partial charge in [0.2, 0.25) is 0 Å². The number of carboxylic acid groups (broad SMARTS) is 1. The molecule has 5 heteroatoms. The molecular weight excluding hydrogens is 296 g/mol. The Hall–Kier alpha value is -2.71. The van der Waals surface area contributed by atoms with Crippen LogP contribution in [-0.4, -0.2) is 16.1 Å². The van der Waals surface area contributed by atoms with Gasteiger partial charge in [0.15, 0.2) is 0 Å². The minimum absolute atomic E-state index is 0.211. The van der Waals surface area contributed by atoms with Gasteiger partial charge in [-0.3, -0.25) is 0 Å². The second-order valence-corrected chi connectivity index (χ2v) is 6.19. The lowest BCUT2D eigenvalue weighted by molar-refractivity contribution is 0.0697. The van der Waals surface area contributed by atoms with Gasteiger partial charge in [0.25, 0.3) is 0 Å². The van der Waals surface area contributed by atoms with Crippen LogP contribution in [0.4, 0.5) is 0 Å². The van der Waals surface area contributed by atoms with Crippen LogP contribution in [-0.2, 0) is 0 Å². The van der Waals surface area contributed by atoms with Gasteiger partial charge in [-0.2, -0.15) is 5.26 Å². The second kappa shape index (κ2) is 5.24. The third-order valence-corrected chi connectivity index (χ3v) is 4.61. The van der Waals surface area contributed by atoms with Crippen LogP contribution >= 0.6 is 11.3 Å². The first-order valence-corrected chi connectivity index (χ1v) is 7.47. The molecule has 0 unspecified atom stereocenters. The van der Waals surface area contributed by atoms with E-state index in [0.29, 0.717) is 5.56 Å². The fourth-order valence-electron chi connectivity index (χ4n) is 2.55. The van der Waals surface area contributed by atoms with E-state index in [1.807, 2.05) is 19.9 Å². The van der Waals surface area contributed by atoms with E-state index in [-0.39, 0.29) is 5.56 Å². The zero-order valence-electron chi connectivity index (χ0n) is 12.0. The second-order valence-electron chi connectivity index (χ2n) is 4.99. The summed E-state index contributed by atoms with van der Waals surface area (Å²) >= 11 is 1.52. The third kappa shape index (κ3) is 2.24. The molecule has 0 saturated heterocycles. The van der Waals surface area contributed by atoms with E-state index in [1.165, 1.54) is 11.3 Å². The molecule has 3 aromatic rings. The molecule has 0 spiro atoms. The molecule has 0 aliphatic rings. The summed E-state index contributed by atoms with van der Waals surface area (Å²) in [6.45, 7) is 3.82. The van der Waals surface area contributed by atoms with Crippen molar-refractivity contribution in [2.24, 2.45) is 0 Å². The monoisotopic (exact) mass is 308 g/mol. The molecule has 4 nitrogen and oxygen atoms in total. The van der Waals surface area contributed by atoms with E-state index < -0.39 is 5.97 Å². The van der Waals surface area contributed by atoms with Gasteiger partial charge in [0.05, 0.1) is 32.8 Å². The molecule has 0 atom stereocenters. The van der Waals surface area contributed by atoms with Crippen LogP contribution in [0.3, 0.4) is 0 Å². The summed E-state index contributed by atoms with van der Waals surface area (Å²) in [4.78, 5) is 16.6. The molecule has 0 radical (unpaired) electrons. The first-order chi connectivity index (χ1) is 10.5. The molecule has 108 valence electrons. The standard InChI is InChI=1S/C17H12N2O2S/c1-9-16(22-10(2)19-9)15-13(8-18)6-4-11-3-5-12(17(20)21)7-14(11)15/h3-7H,1-2H3,(H,20,21). The minimum Gasteiger partial charge on any atom is -0.478 e. The zero-order valence-corrected chi connectivity index (χ0v) is 12.9. The lowest BCUT2D eigenvalue weighted by Gasteiger charge is -2.09. The van der Waals surface area contributed by atoms with Gasteiger partial charge in [-0.05, 0) is 42.8 Å². The first-order valence-electron chi connectivity index (χ1n) is 6.66. The van der Waals surface area contributed by atoms with E-state index in [0.717, 1.165) is 31.9 Å². The number of rotatable bonds is 2. The molecule has 1 N–H and O–H groups in total. The van der Waals surface area contributed by atoms with Crippen molar-refractivity contribution in [1.82, 2.24) is 4.98 Å². The summed E-state index contributed by atoms with van der Waals surface area (Å²) in [5.41, 5.74) is 2.36. The molecule has 1 heterocycles. The van der Waals surface area contributed by atoms with Crippen molar-refractivity contribution in [3.05, 3.63) is 52.2 Å². The summed E-state index contributed by atoms with van der Waals surface area (Å²) < 4.78 is 0. The highest BCUT2D eigenvalue weighted by Gasteiger charge is 2.16. The Morgan fingerprint density at radius 2 is 2.00 bits per heavy atom. The van der Waals surface area contributed by atoms with Crippen molar-refractivity contribution in [3.8, 4) is 16.5 Å². The molecule has 0 bridgehead atoms. The molecule has 3 rings (SSSR count). The molecule has 0 saturated carbocycles. The van der Waals surface area contributed by atoms with E-state index in [4.69, 9.17) is 0 Å². The van der Waals surface area contributed by atoms with Crippen LogP contribution < -0.4 is 0 Å². The largest absolute Gasteiger partial charge is 0.478 e. The summed E-state index contributed by atoms with van der Waals surface area (Å²) in [5, 5.41) is 21.2. The Morgan fingerprint density at radius 3 is 2.59 bits per heavy atom. The van der Waals surface area contributed by atoms with Crippen LogP contribution in [0.5, 0.6) is 0 Å². The van der Waals surface area contributed by atoms with Crippen molar-refractivity contribution in [1.29, 1.82) is 5.26 Å². The van der Waals surface area contributed by atoms with Crippen molar-refractivity contribution in [2.75, 3.05) is 0 Å². The number of nitrogens with zero attached hydrogens (tertiary/aromatic N) is 2. The Kier molecular flexibility index (Phi) is 3.39. The lowest BCUT2D eigenvalue weighted by Crippen LogP contribution is -1.96. The van der Waals surface area contributed by atoms with Gasteiger partial charge in [-0.25, -0.2) is 9.78 Å². The number of aromatic carboxylic acids is 1. The van der Waals surface area contributed by atoms with Gasteiger partial charge in [0, 0.05) is 5.56 Å². The molecule has 0 fully saturated rings. The van der Waals surface area contributed by atoms with E-state index in [9.17, 15) is 15.2 Å². The Balaban J connectivity index is 2.44. The SMILES string of the molecule is Cc1nc(C)c(-c2c(C#N)ccc3ccc(C(=O)O)cc23)s1. The van der Waals surface area contributed by atoms with Gasteiger partial charge < -0.3 is 5.11 Å². The Morgan fingerprint density at radius 1 is 1.27 bits per heavy atom. The van der Waals surface area contributed by atoms with Crippen molar-refractivity contribution < 1.29 is 9.90 Å². The summed E-state index contributed by atoms with van der Waals surface area (Å²) in [6.07, 6.45) is 0. The van der Waals surface area contributed by atoms with Gasteiger partial charge in [0.1, 0.15) is 0 Å². The lowest BCUT2D eigenvalue weighted by atomic mass is 9.96. The highest BCUT2D eigenvalue weighted by Crippen LogP contribution is 2.37. The van der Waals surface area contributed by atoms with Gasteiger partial charge >= 0.3 is 5.97 Å². The number of nitriles is 1. The molecule has 2 aromatic carbocycles. The van der Waals surface area contributed by atoms with Crippen LogP contribution in [0.25, 0.3) is 21.2 Å². The van der Waals surface area contributed by atoms with Crippen LogP contribution in [0.15, 0.2) is 30.3 Å². The predicted molar refractivity (Wildman–Crippen MR) is 86.2 cm³/mol. The number of aryl methyl sites for hydroxylation is 2. The van der Waals surface area contributed by atoms with Crippen molar-refractivity contribution in [3.63, 3.8) is 0 Å². The zero-order chi connectivity index (χ0) is 15.9. The summed E-state index contributed by atoms with van der Waals surface area (Å²) in [7, 11) is 0. The molecular formula is C17H12N2O2S. The number of aromatic nitrogens is 1. The first kappa shape index (κ1) is 14.2. The highest BCUT2D eigenvalue weighted by atomic mass is 32.1. The van der Waals surface area contributed by atoms with Crippen LogP contribution in [0.2, 0.25) is 0 Å². The smallest absolute Gasteiger partial charge is 0.335 e. The highest BCUT2D eigenvalue weighted by molar-refractivity contribution is 7.15. The fraction of sp³-hybridized carbons (Fsp3) is 0.118. The molecule has 1 aromatic heterocycles. The fourth-order valence-corrected chi connectivity index (χ4v) is 3.55. The maximum absolute atomic E-state index is 11.2. The summed E-state index contributed by atoms with van der Waals surface area (Å²) in [6, 6.07) is 10.8. The number of carbonyl (C=O) groups is 1.